The first-order valence-corrected chi connectivity index (χ1v) is 13.2. The predicted molar refractivity (Wildman–Crippen MR) is 141 cm³/mol. The van der Waals surface area contributed by atoms with Crippen molar-refractivity contribution in [3.8, 4) is 5.75 Å². The highest BCUT2D eigenvalue weighted by atomic mass is 16.5. The van der Waals surface area contributed by atoms with Gasteiger partial charge in [-0.1, -0.05) is 94.3 Å². The van der Waals surface area contributed by atoms with E-state index in [0.29, 0.717) is 30.7 Å². The highest BCUT2D eigenvalue weighted by Crippen LogP contribution is 2.16. The van der Waals surface area contributed by atoms with Gasteiger partial charge in [0.1, 0.15) is 12.3 Å². The Labute approximate surface area is 207 Å². The van der Waals surface area contributed by atoms with Crippen LogP contribution >= 0.6 is 0 Å². The van der Waals surface area contributed by atoms with Crippen LogP contribution in [0.2, 0.25) is 0 Å². The number of rotatable bonds is 18. The lowest BCUT2D eigenvalue weighted by atomic mass is 10.0. The molecule has 0 heterocycles. The molecule has 0 unspecified atom stereocenters. The Bertz CT molecular complexity index is 786. The van der Waals surface area contributed by atoms with Crippen LogP contribution in [0.4, 0.5) is 0 Å². The average molecular weight is 469 g/mol. The Balaban J connectivity index is 1.52. The molecule has 4 heteroatoms. The van der Waals surface area contributed by atoms with Crippen LogP contribution < -0.4 is 4.74 Å². The Morgan fingerprint density at radius 3 is 2.06 bits per heavy atom. The summed E-state index contributed by atoms with van der Waals surface area (Å²) in [5.74, 6) is 0.720. The van der Waals surface area contributed by atoms with Crippen LogP contribution in [-0.4, -0.2) is 44.3 Å². The Hall–Kier alpha value is -2.33. The van der Waals surface area contributed by atoms with Gasteiger partial charge in [-0.3, -0.25) is 0 Å². The van der Waals surface area contributed by atoms with Crippen LogP contribution in [0.1, 0.15) is 75.8 Å². The minimum atomic E-state index is -0.161. The van der Waals surface area contributed by atoms with Gasteiger partial charge in [-0.2, -0.15) is 0 Å². The van der Waals surface area contributed by atoms with Gasteiger partial charge in [0.05, 0.1) is 27.3 Å². The number of unbranched alkanes of at least 4 members (excludes halogenated alkanes) is 7. The molecule has 0 amide bonds. The minimum absolute atomic E-state index is 0.161. The van der Waals surface area contributed by atoms with Gasteiger partial charge in [-0.05, 0) is 30.5 Å². The second-order valence-corrected chi connectivity index (χ2v) is 10.0. The third-order valence-electron chi connectivity index (χ3n) is 6.07. The largest absolute Gasteiger partial charge is 0.493 e. The number of hydrogen-bond donors (Lipinski definition) is 0. The van der Waals surface area contributed by atoms with Crippen LogP contribution in [0.25, 0.3) is 0 Å². The van der Waals surface area contributed by atoms with Gasteiger partial charge in [-0.15, -0.1) is 0 Å². The fourth-order valence-electron chi connectivity index (χ4n) is 4.18. The number of quaternary nitrogens is 1. The summed E-state index contributed by atoms with van der Waals surface area (Å²) in [7, 11) is 4.10. The number of carbonyl (C=O) groups is 1. The number of ether oxygens (including phenoxy) is 2. The lowest BCUT2D eigenvalue weighted by Gasteiger charge is -2.28. The normalized spacial score (nSPS) is 11.4. The molecule has 34 heavy (non-hydrogen) atoms. The first-order valence-electron chi connectivity index (χ1n) is 13.2. The number of aryl methyl sites for hydroxylation is 1. The van der Waals surface area contributed by atoms with Crippen LogP contribution in [-0.2, 0) is 22.5 Å². The fourth-order valence-corrected chi connectivity index (χ4v) is 4.18. The summed E-state index contributed by atoms with van der Waals surface area (Å²) in [4.78, 5) is 12.2. The van der Waals surface area contributed by atoms with Crippen LogP contribution in [0.3, 0.4) is 0 Å². The molecule has 0 aliphatic carbocycles. The zero-order chi connectivity index (χ0) is 24.5. The van der Waals surface area contributed by atoms with Crippen molar-refractivity contribution in [1.82, 2.24) is 0 Å². The molecule has 0 radical (unpaired) electrons. The lowest BCUT2D eigenvalue weighted by molar-refractivity contribution is -0.896. The smallest absolute Gasteiger partial charge is 0.361 e. The van der Waals surface area contributed by atoms with E-state index in [1.165, 1.54) is 62.5 Å². The van der Waals surface area contributed by atoms with Crippen molar-refractivity contribution in [2.45, 2.75) is 77.7 Å². The highest BCUT2D eigenvalue weighted by Gasteiger charge is 2.21. The molecule has 2 rings (SSSR count). The van der Waals surface area contributed by atoms with E-state index in [1.54, 1.807) is 0 Å². The maximum absolute atomic E-state index is 12.2. The third kappa shape index (κ3) is 12.8. The molecular weight excluding hydrogens is 422 g/mol. The van der Waals surface area contributed by atoms with Gasteiger partial charge < -0.3 is 14.0 Å². The minimum Gasteiger partial charge on any atom is -0.493 e. The van der Waals surface area contributed by atoms with E-state index in [9.17, 15) is 4.79 Å². The number of likely N-dealkylation sites (N-methyl/N-ethyl adjacent to an activating group) is 1. The van der Waals surface area contributed by atoms with Crippen molar-refractivity contribution >= 4 is 5.97 Å². The molecule has 0 N–H and O–H groups in total. The lowest BCUT2D eigenvalue weighted by Crippen LogP contribution is -2.43. The summed E-state index contributed by atoms with van der Waals surface area (Å²) in [6.07, 6.45) is 12.7. The van der Waals surface area contributed by atoms with Crippen LogP contribution in [0, 0.1) is 0 Å². The number of nitrogens with zero attached hydrogens (tertiary/aromatic N) is 1. The molecule has 0 atom stereocenters. The van der Waals surface area contributed by atoms with Gasteiger partial charge in [0, 0.05) is 12.0 Å². The van der Waals surface area contributed by atoms with E-state index in [2.05, 4.69) is 57.4 Å². The Kier molecular flexibility index (Phi) is 13.4. The summed E-state index contributed by atoms with van der Waals surface area (Å²) in [6.45, 7) is 4.36. The van der Waals surface area contributed by atoms with E-state index >= 15 is 0 Å². The summed E-state index contributed by atoms with van der Waals surface area (Å²) >= 11 is 0. The van der Waals surface area contributed by atoms with E-state index < -0.39 is 0 Å². The number of carbonyl (C=O) groups excluding carboxylic acids is 1. The van der Waals surface area contributed by atoms with Gasteiger partial charge in [0.25, 0.3) is 0 Å². The van der Waals surface area contributed by atoms with Gasteiger partial charge in [-0.25, -0.2) is 4.79 Å². The first kappa shape index (κ1) is 27.9. The molecule has 0 aromatic heterocycles. The molecule has 2 aromatic rings. The van der Waals surface area contributed by atoms with Gasteiger partial charge in [0.2, 0.25) is 0 Å². The Morgan fingerprint density at radius 1 is 0.735 bits per heavy atom. The highest BCUT2D eigenvalue weighted by molar-refractivity contribution is 5.70. The molecule has 0 aliphatic rings. The molecule has 0 saturated heterocycles. The molecule has 2 aromatic carbocycles. The zero-order valence-electron chi connectivity index (χ0n) is 21.8. The quantitative estimate of drug-likeness (QED) is 0.135. The van der Waals surface area contributed by atoms with Crippen molar-refractivity contribution in [2.75, 3.05) is 33.9 Å². The molecule has 0 saturated carbocycles. The van der Waals surface area contributed by atoms with E-state index in [4.69, 9.17) is 9.47 Å². The van der Waals surface area contributed by atoms with Crippen molar-refractivity contribution in [2.24, 2.45) is 0 Å². The summed E-state index contributed by atoms with van der Waals surface area (Å²) in [5.41, 5.74) is 2.60. The molecule has 0 bridgehead atoms. The van der Waals surface area contributed by atoms with E-state index in [-0.39, 0.29) is 5.97 Å². The standard InChI is InChI=1S/C30H46NO3/c1-4-5-6-7-8-9-10-12-16-27-19-21-29(22-20-27)33-23-15-24-34-30(32)26-31(2,3)25-28-17-13-11-14-18-28/h11,13-14,17-22H,4-10,12,15-16,23-26H2,1-3H3/q+1. The molecule has 4 nitrogen and oxygen atoms in total. The second-order valence-electron chi connectivity index (χ2n) is 10.0. The molecule has 0 aliphatic heterocycles. The third-order valence-corrected chi connectivity index (χ3v) is 6.07. The van der Waals surface area contributed by atoms with Crippen LogP contribution in [0.15, 0.2) is 54.6 Å². The predicted octanol–water partition coefficient (Wildman–Crippen LogP) is 6.96. The summed E-state index contributed by atoms with van der Waals surface area (Å²) < 4.78 is 11.8. The number of hydrogen-bond acceptors (Lipinski definition) is 3. The maximum Gasteiger partial charge on any atom is 0.361 e. The van der Waals surface area contributed by atoms with Gasteiger partial charge in [0.15, 0.2) is 6.54 Å². The summed E-state index contributed by atoms with van der Waals surface area (Å²) in [6, 6.07) is 18.7. The van der Waals surface area contributed by atoms with Crippen molar-refractivity contribution in [1.29, 1.82) is 0 Å². The summed E-state index contributed by atoms with van der Waals surface area (Å²) in [5, 5.41) is 0. The zero-order valence-corrected chi connectivity index (χ0v) is 21.8. The molecule has 0 spiro atoms. The monoisotopic (exact) mass is 468 g/mol. The number of esters is 1. The van der Waals surface area contributed by atoms with E-state index in [0.717, 1.165) is 18.7 Å². The van der Waals surface area contributed by atoms with Crippen molar-refractivity contribution in [3.05, 3.63) is 65.7 Å². The SMILES string of the molecule is CCCCCCCCCCc1ccc(OCCCOC(=O)C[N+](C)(C)Cc2ccccc2)cc1. The molecule has 0 fully saturated rings. The average Bonchev–Trinajstić information content (AvgIpc) is 2.81. The second kappa shape index (κ2) is 16.3. The Morgan fingerprint density at radius 2 is 1.38 bits per heavy atom. The first-order chi connectivity index (χ1) is 16.5. The van der Waals surface area contributed by atoms with Crippen molar-refractivity contribution < 1.29 is 18.8 Å². The molecular formula is C30H46NO3+. The maximum atomic E-state index is 12.2. The fraction of sp³-hybridized carbons (Fsp3) is 0.567. The van der Waals surface area contributed by atoms with Crippen molar-refractivity contribution in [3.63, 3.8) is 0 Å². The van der Waals surface area contributed by atoms with Gasteiger partial charge >= 0.3 is 5.97 Å². The topological polar surface area (TPSA) is 35.5 Å². The van der Waals surface area contributed by atoms with Crippen LogP contribution in [0.5, 0.6) is 5.75 Å². The van der Waals surface area contributed by atoms with E-state index in [1.807, 2.05) is 18.2 Å². The molecule has 188 valence electrons. The number of benzene rings is 2.